The van der Waals surface area contributed by atoms with Crippen LogP contribution >= 0.6 is 0 Å². The molecule has 1 aliphatic carbocycles. The molecule has 3 N–H and O–H groups in total. The summed E-state index contributed by atoms with van der Waals surface area (Å²) in [5, 5.41) is 9.42. The van der Waals surface area contributed by atoms with Crippen LogP contribution in [0, 0.1) is 5.92 Å². The van der Waals surface area contributed by atoms with E-state index in [0.717, 1.165) is 37.8 Å². The van der Waals surface area contributed by atoms with Crippen LogP contribution in [0.5, 0.6) is 0 Å². The summed E-state index contributed by atoms with van der Waals surface area (Å²) in [4.78, 5) is 0. The summed E-state index contributed by atoms with van der Waals surface area (Å²) < 4.78 is 0. The highest BCUT2D eigenvalue weighted by Gasteiger charge is 2.19. The monoisotopic (exact) mass is 205 g/mol. The van der Waals surface area contributed by atoms with Gasteiger partial charge in [-0.25, -0.2) is 0 Å². The molecular weight excluding hydrogens is 186 g/mol. The van der Waals surface area contributed by atoms with E-state index in [4.69, 9.17) is 5.73 Å². The number of nitrogens with two attached hydrogens (primary N) is 1. The summed E-state index contributed by atoms with van der Waals surface area (Å²) in [6.07, 6.45) is 5.19. The van der Waals surface area contributed by atoms with E-state index in [1.165, 1.54) is 5.56 Å². The number of aliphatic hydroxyl groups is 1. The molecule has 0 radical (unpaired) electrons. The van der Waals surface area contributed by atoms with Gasteiger partial charge in [-0.05, 0) is 49.7 Å². The fraction of sp³-hybridized carbons (Fsp3) is 0.538. The van der Waals surface area contributed by atoms with Crippen LogP contribution in [0.4, 0.5) is 5.69 Å². The third kappa shape index (κ3) is 2.72. The van der Waals surface area contributed by atoms with Crippen molar-refractivity contribution >= 4 is 5.69 Å². The summed E-state index contributed by atoms with van der Waals surface area (Å²) in [6.45, 7) is 0. The van der Waals surface area contributed by atoms with Crippen molar-refractivity contribution in [3.05, 3.63) is 29.8 Å². The van der Waals surface area contributed by atoms with Crippen LogP contribution in [0.2, 0.25) is 0 Å². The molecule has 0 aliphatic heterocycles. The van der Waals surface area contributed by atoms with Gasteiger partial charge in [-0.1, -0.05) is 18.2 Å². The maximum Gasteiger partial charge on any atom is 0.0540 e. The predicted molar refractivity (Wildman–Crippen MR) is 62.5 cm³/mol. The summed E-state index contributed by atoms with van der Waals surface area (Å²) in [5.74, 6) is 0.707. The van der Waals surface area contributed by atoms with Crippen LogP contribution in [0.25, 0.3) is 0 Å². The number of nitrogen functional groups attached to an aromatic ring is 1. The number of para-hydroxylation sites is 1. The van der Waals surface area contributed by atoms with Crippen molar-refractivity contribution in [3.8, 4) is 0 Å². The second kappa shape index (κ2) is 4.67. The van der Waals surface area contributed by atoms with Crippen molar-refractivity contribution in [2.75, 3.05) is 5.73 Å². The van der Waals surface area contributed by atoms with Crippen LogP contribution in [0.1, 0.15) is 31.2 Å². The topological polar surface area (TPSA) is 46.2 Å². The highest BCUT2D eigenvalue weighted by molar-refractivity contribution is 5.46. The molecule has 0 saturated heterocycles. The molecular formula is C13H19NO. The van der Waals surface area contributed by atoms with Crippen molar-refractivity contribution < 1.29 is 5.11 Å². The molecule has 1 fully saturated rings. The van der Waals surface area contributed by atoms with Gasteiger partial charge in [0.05, 0.1) is 6.10 Å². The largest absolute Gasteiger partial charge is 0.399 e. The lowest BCUT2D eigenvalue weighted by Gasteiger charge is -2.25. The van der Waals surface area contributed by atoms with Crippen molar-refractivity contribution in [1.29, 1.82) is 0 Å². The molecule has 0 amide bonds. The number of benzene rings is 1. The molecule has 0 atom stereocenters. The van der Waals surface area contributed by atoms with Crippen LogP contribution in [0.3, 0.4) is 0 Å². The van der Waals surface area contributed by atoms with E-state index in [0.29, 0.717) is 5.92 Å². The molecule has 2 nitrogen and oxygen atoms in total. The average molecular weight is 205 g/mol. The van der Waals surface area contributed by atoms with Gasteiger partial charge in [-0.2, -0.15) is 0 Å². The Bertz CT molecular complexity index is 316. The molecule has 0 spiro atoms. The minimum atomic E-state index is -0.0608. The normalized spacial score (nSPS) is 26.5. The van der Waals surface area contributed by atoms with Gasteiger partial charge in [0, 0.05) is 5.69 Å². The van der Waals surface area contributed by atoms with Gasteiger partial charge in [-0.15, -0.1) is 0 Å². The van der Waals surface area contributed by atoms with Crippen LogP contribution < -0.4 is 5.73 Å². The molecule has 1 saturated carbocycles. The zero-order valence-corrected chi connectivity index (χ0v) is 9.02. The number of hydrogen-bond donors (Lipinski definition) is 2. The molecule has 1 aromatic rings. The molecule has 0 bridgehead atoms. The average Bonchev–Trinajstić information content (AvgIpc) is 2.25. The van der Waals surface area contributed by atoms with Crippen molar-refractivity contribution in [2.45, 2.75) is 38.2 Å². The summed E-state index contributed by atoms with van der Waals surface area (Å²) in [6, 6.07) is 8.10. The van der Waals surface area contributed by atoms with Crippen molar-refractivity contribution in [2.24, 2.45) is 5.92 Å². The molecule has 1 aliphatic rings. The molecule has 82 valence electrons. The smallest absolute Gasteiger partial charge is 0.0540 e. The second-order valence-corrected chi connectivity index (χ2v) is 4.58. The maximum absolute atomic E-state index is 9.42. The van der Waals surface area contributed by atoms with E-state index in [2.05, 4.69) is 6.07 Å². The SMILES string of the molecule is Nc1ccccc1CC1CCC(O)CC1. The third-order valence-electron chi connectivity index (χ3n) is 3.38. The number of hydrogen-bond acceptors (Lipinski definition) is 2. The minimum Gasteiger partial charge on any atom is -0.399 e. The molecule has 0 unspecified atom stereocenters. The Kier molecular flexibility index (Phi) is 3.27. The van der Waals surface area contributed by atoms with Gasteiger partial charge in [-0.3, -0.25) is 0 Å². The van der Waals surface area contributed by atoms with Crippen molar-refractivity contribution in [1.82, 2.24) is 0 Å². The van der Waals surface area contributed by atoms with Crippen LogP contribution in [-0.4, -0.2) is 11.2 Å². The lowest BCUT2D eigenvalue weighted by atomic mass is 9.83. The molecule has 15 heavy (non-hydrogen) atoms. The zero-order valence-electron chi connectivity index (χ0n) is 9.02. The van der Waals surface area contributed by atoms with E-state index < -0.39 is 0 Å². The van der Waals surface area contributed by atoms with E-state index in [1.54, 1.807) is 0 Å². The summed E-state index contributed by atoms with van der Waals surface area (Å²) >= 11 is 0. The Morgan fingerprint density at radius 3 is 2.47 bits per heavy atom. The Hall–Kier alpha value is -1.02. The molecule has 1 aromatic carbocycles. The Morgan fingerprint density at radius 2 is 1.80 bits per heavy atom. The van der Waals surface area contributed by atoms with Gasteiger partial charge in [0.2, 0.25) is 0 Å². The summed E-state index contributed by atoms with van der Waals surface area (Å²) in [5.41, 5.74) is 8.08. The third-order valence-corrected chi connectivity index (χ3v) is 3.38. The first-order valence-corrected chi connectivity index (χ1v) is 5.77. The van der Waals surface area contributed by atoms with Gasteiger partial charge < -0.3 is 10.8 Å². The molecule has 0 aromatic heterocycles. The Balaban J connectivity index is 1.95. The lowest BCUT2D eigenvalue weighted by Crippen LogP contribution is -2.19. The number of rotatable bonds is 2. The van der Waals surface area contributed by atoms with E-state index in [-0.39, 0.29) is 6.10 Å². The highest BCUT2D eigenvalue weighted by Crippen LogP contribution is 2.28. The second-order valence-electron chi connectivity index (χ2n) is 4.58. The first kappa shape index (κ1) is 10.5. The fourth-order valence-electron chi connectivity index (χ4n) is 2.38. The molecule has 0 heterocycles. The maximum atomic E-state index is 9.42. The lowest BCUT2D eigenvalue weighted by molar-refractivity contribution is 0.109. The number of anilines is 1. The van der Waals surface area contributed by atoms with Gasteiger partial charge in [0.25, 0.3) is 0 Å². The van der Waals surface area contributed by atoms with Crippen molar-refractivity contribution in [3.63, 3.8) is 0 Å². The van der Waals surface area contributed by atoms with E-state index in [9.17, 15) is 5.11 Å². The molecule has 2 rings (SSSR count). The summed E-state index contributed by atoms with van der Waals surface area (Å²) in [7, 11) is 0. The Labute approximate surface area is 91.1 Å². The zero-order chi connectivity index (χ0) is 10.7. The fourth-order valence-corrected chi connectivity index (χ4v) is 2.38. The molecule has 2 heteroatoms. The first-order chi connectivity index (χ1) is 7.25. The van der Waals surface area contributed by atoms with Crippen LogP contribution in [-0.2, 0) is 6.42 Å². The van der Waals surface area contributed by atoms with E-state index >= 15 is 0 Å². The highest BCUT2D eigenvalue weighted by atomic mass is 16.3. The Morgan fingerprint density at radius 1 is 1.13 bits per heavy atom. The first-order valence-electron chi connectivity index (χ1n) is 5.77. The van der Waals surface area contributed by atoms with Gasteiger partial charge in [0.1, 0.15) is 0 Å². The van der Waals surface area contributed by atoms with Gasteiger partial charge >= 0.3 is 0 Å². The quantitative estimate of drug-likeness (QED) is 0.728. The van der Waals surface area contributed by atoms with Crippen LogP contribution in [0.15, 0.2) is 24.3 Å². The number of aliphatic hydroxyl groups excluding tert-OH is 1. The minimum absolute atomic E-state index is 0.0608. The van der Waals surface area contributed by atoms with Gasteiger partial charge in [0.15, 0.2) is 0 Å². The standard InChI is InChI=1S/C13H19NO/c14-13-4-2-1-3-11(13)9-10-5-7-12(15)8-6-10/h1-4,10,12,15H,5-9,14H2. The van der Waals surface area contributed by atoms with E-state index in [1.807, 2.05) is 18.2 Å². The predicted octanol–water partition coefficient (Wildman–Crippen LogP) is 2.36.